The van der Waals surface area contributed by atoms with Gasteiger partial charge in [-0.1, -0.05) is 99.9 Å². The third kappa shape index (κ3) is 8.20. The van der Waals surface area contributed by atoms with Crippen LogP contribution in [0.1, 0.15) is 117 Å². The largest absolute Gasteiger partial charge is 0.460 e. The molecule has 234 valence electrons. The molecule has 0 aliphatic heterocycles. The second kappa shape index (κ2) is 14.0. The average Bonchev–Trinajstić information content (AvgIpc) is 3.29. The molecule has 1 aliphatic rings. The fourth-order valence-electron chi connectivity index (χ4n) is 6.82. The zero-order valence-corrected chi connectivity index (χ0v) is 30.2. The van der Waals surface area contributed by atoms with Crippen LogP contribution in [0.3, 0.4) is 0 Å². The fourth-order valence-corrected chi connectivity index (χ4v) is 11.7. The molecule has 1 N–H and O–H groups in total. The summed E-state index contributed by atoms with van der Waals surface area (Å²) in [5, 5.41) is 6.26. The summed E-state index contributed by atoms with van der Waals surface area (Å²) in [6.45, 7) is 14.7. The second-order valence-electron chi connectivity index (χ2n) is 14.6. The summed E-state index contributed by atoms with van der Waals surface area (Å²) in [4.78, 5) is 25.7. The zero-order valence-electron chi connectivity index (χ0n) is 27.0. The van der Waals surface area contributed by atoms with Crippen molar-refractivity contribution in [2.75, 3.05) is 0 Å². The first-order valence-electron chi connectivity index (χ1n) is 15.9. The number of benzene rings is 2. The van der Waals surface area contributed by atoms with E-state index >= 15 is 0 Å². The molecule has 1 heterocycles. The maximum absolute atomic E-state index is 13.1. The van der Waals surface area contributed by atoms with Gasteiger partial charge in [0.25, 0.3) is 8.32 Å². The summed E-state index contributed by atoms with van der Waals surface area (Å²) in [6.07, 6.45) is 6.23. The molecule has 1 aliphatic carbocycles. The van der Waals surface area contributed by atoms with E-state index in [1.165, 1.54) is 6.42 Å². The summed E-state index contributed by atoms with van der Waals surface area (Å²) in [5.74, 6) is 2.55. The second-order valence-corrected chi connectivity index (χ2v) is 19.6. The molecular weight excluding hydrogens is 665 g/mol. The lowest BCUT2D eigenvalue weighted by molar-refractivity contribution is -0.155. The van der Waals surface area contributed by atoms with Gasteiger partial charge in [-0.3, -0.25) is 4.79 Å². The van der Waals surface area contributed by atoms with Crippen molar-refractivity contribution < 1.29 is 18.9 Å². The number of halogens is 1. The third-order valence-electron chi connectivity index (χ3n) is 9.03. The molecule has 0 saturated heterocycles. The quantitative estimate of drug-likeness (QED) is 0.110. The number of hydrogen-bond acceptors (Lipinski definition) is 5. The first kappa shape index (κ1) is 33.9. The van der Waals surface area contributed by atoms with Crippen molar-refractivity contribution in [3.05, 3.63) is 75.7 Å². The highest BCUT2D eigenvalue weighted by Gasteiger charge is 2.49. The Balaban J connectivity index is 1.54. The van der Waals surface area contributed by atoms with Gasteiger partial charge in [-0.15, -0.1) is 0 Å². The van der Waals surface area contributed by atoms with Crippen LogP contribution in [0.15, 0.2) is 65.2 Å². The van der Waals surface area contributed by atoms with E-state index in [4.69, 9.17) is 9.26 Å². The summed E-state index contributed by atoms with van der Waals surface area (Å²) in [7, 11) is -3.11. The molecule has 3 aromatic rings. The number of ether oxygens (including phenoxy) is 1. The highest BCUT2D eigenvalue weighted by atomic mass is 127. The van der Waals surface area contributed by atoms with Crippen molar-refractivity contribution in [1.29, 1.82) is 0 Å². The zero-order chi connectivity index (χ0) is 31.4. The molecule has 1 fully saturated rings. The number of esters is 1. The maximum Gasteiger partial charge on any atom is 0.306 e. The van der Waals surface area contributed by atoms with E-state index in [2.05, 4.69) is 79.7 Å². The van der Waals surface area contributed by atoms with Crippen molar-refractivity contribution >= 4 is 47.3 Å². The van der Waals surface area contributed by atoms with Crippen LogP contribution in [0.4, 0.5) is 0 Å². The standard InChI is InChI=1S/C36H50INO4Si/c1-25(2)21-26-22-28(23-26)34-32(37)33(38-42-34)27(24-31(39)41-35(3,4)5)15-14-20-36(6,7)43(40,29-16-10-8-11-17-29)30-18-12-9-13-19-30/h8-13,16-19,25-28,40H,14-15,20-24H2,1-7H3. The van der Waals surface area contributed by atoms with Gasteiger partial charge in [0.1, 0.15) is 11.3 Å². The molecule has 4 rings (SSSR count). The van der Waals surface area contributed by atoms with E-state index in [0.717, 1.165) is 63.4 Å². The molecule has 5 nitrogen and oxygen atoms in total. The third-order valence-corrected chi connectivity index (χ3v) is 14.7. The van der Waals surface area contributed by atoms with Crippen LogP contribution in [-0.4, -0.2) is 29.8 Å². The van der Waals surface area contributed by atoms with Gasteiger partial charge in [-0.2, -0.15) is 0 Å². The molecule has 7 heteroatoms. The molecule has 43 heavy (non-hydrogen) atoms. The predicted octanol–water partition coefficient (Wildman–Crippen LogP) is 8.34. The van der Waals surface area contributed by atoms with Crippen molar-refractivity contribution in [2.24, 2.45) is 11.8 Å². The van der Waals surface area contributed by atoms with Crippen LogP contribution in [0.2, 0.25) is 5.04 Å². The molecule has 0 radical (unpaired) electrons. The molecule has 1 atom stereocenters. The van der Waals surface area contributed by atoms with Gasteiger partial charge >= 0.3 is 5.97 Å². The van der Waals surface area contributed by atoms with Crippen LogP contribution >= 0.6 is 22.6 Å². The number of rotatable bonds is 13. The van der Waals surface area contributed by atoms with Crippen LogP contribution in [0.25, 0.3) is 0 Å². The van der Waals surface area contributed by atoms with E-state index < -0.39 is 13.9 Å². The lowest BCUT2D eigenvalue weighted by atomic mass is 9.70. The van der Waals surface area contributed by atoms with Gasteiger partial charge < -0.3 is 14.1 Å². The summed E-state index contributed by atoms with van der Waals surface area (Å²) >= 11 is 2.39. The topological polar surface area (TPSA) is 72.6 Å². The molecule has 0 bridgehead atoms. The van der Waals surface area contributed by atoms with Crippen molar-refractivity contribution in [3.63, 3.8) is 0 Å². The normalized spacial score (nSPS) is 18.4. The van der Waals surface area contributed by atoms with E-state index in [9.17, 15) is 9.59 Å². The van der Waals surface area contributed by atoms with Gasteiger partial charge in [0.15, 0.2) is 5.76 Å². The Morgan fingerprint density at radius 3 is 2.09 bits per heavy atom. The highest BCUT2D eigenvalue weighted by molar-refractivity contribution is 14.1. The Morgan fingerprint density at radius 2 is 1.58 bits per heavy atom. The number of carbonyl (C=O) groups is 1. The van der Waals surface area contributed by atoms with E-state index in [1.807, 2.05) is 57.2 Å². The fraction of sp³-hybridized carbons (Fsp3) is 0.556. The van der Waals surface area contributed by atoms with Gasteiger partial charge in [-0.25, -0.2) is 0 Å². The Labute approximate surface area is 273 Å². The molecule has 1 saturated carbocycles. The molecule has 0 spiro atoms. The summed E-state index contributed by atoms with van der Waals surface area (Å²) in [6, 6.07) is 20.3. The van der Waals surface area contributed by atoms with Crippen LogP contribution in [0, 0.1) is 15.4 Å². The van der Waals surface area contributed by atoms with Gasteiger partial charge in [0.2, 0.25) is 0 Å². The van der Waals surface area contributed by atoms with Gasteiger partial charge in [-0.05, 0) is 103 Å². The monoisotopic (exact) mass is 715 g/mol. The van der Waals surface area contributed by atoms with E-state index in [0.29, 0.717) is 11.8 Å². The predicted molar refractivity (Wildman–Crippen MR) is 185 cm³/mol. The molecule has 0 amide bonds. The number of nitrogens with zero attached hydrogens (tertiary/aromatic N) is 1. The maximum atomic E-state index is 13.1. The molecular formula is C36H50INO4Si. The van der Waals surface area contributed by atoms with Gasteiger partial charge in [0.05, 0.1) is 9.99 Å². The summed E-state index contributed by atoms with van der Waals surface area (Å²) in [5.41, 5.74) is 0.335. The number of aromatic nitrogens is 1. The first-order chi connectivity index (χ1) is 20.2. The Hall–Kier alpha value is -1.97. The molecule has 1 aromatic heterocycles. The smallest absolute Gasteiger partial charge is 0.306 e. The van der Waals surface area contributed by atoms with Crippen molar-refractivity contribution in [1.82, 2.24) is 5.16 Å². The van der Waals surface area contributed by atoms with Gasteiger partial charge in [0, 0.05) is 11.8 Å². The minimum Gasteiger partial charge on any atom is -0.460 e. The van der Waals surface area contributed by atoms with Crippen LogP contribution in [0.5, 0.6) is 0 Å². The minimum atomic E-state index is -3.11. The Bertz CT molecular complexity index is 1290. The van der Waals surface area contributed by atoms with Crippen LogP contribution < -0.4 is 10.4 Å². The summed E-state index contributed by atoms with van der Waals surface area (Å²) < 4.78 is 12.8. The van der Waals surface area contributed by atoms with Crippen molar-refractivity contribution in [2.45, 2.75) is 116 Å². The average molecular weight is 716 g/mol. The number of carbonyl (C=O) groups excluding carboxylic acids is 1. The minimum absolute atomic E-state index is 0.107. The lowest BCUT2D eigenvalue weighted by Crippen LogP contribution is -2.65. The SMILES string of the molecule is CC(C)CC1CC(c2onc(C(CCCC(C)(C)[Si](O)(c3ccccc3)c3ccccc3)CC(=O)OC(C)(C)C)c2I)C1. The highest BCUT2D eigenvalue weighted by Crippen LogP contribution is 2.48. The molecule has 2 aromatic carbocycles. The van der Waals surface area contributed by atoms with E-state index in [1.54, 1.807) is 0 Å². The lowest BCUT2D eigenvalue weighted by Gasteiger charge is -2.41. The van der Waals surface area contributed by atoms with E-state index in [-0.39, 0.29) is 23.3 Å². The first-order valence-corrected chi connectivity index (χ1v) is 18.9. The number of hydrogen-bond donors (Lipinski definition) is 1. The van der Waals surface area contributed by atoms with Crippen molar-refractivity contribution in [3.8, 4) is 0 Å². The van der Waals surface area contributed by atoms with Crippen LogP contribution in [-0.2, 0) is 9.53 Å². The Morgan fingerprint density at radius 1 is 1.02 bits per heavy atom. The Kier molecular flexibility index (Phi) is 11.0. The molecule has 1 unspecified atom stereocenters.